The average Bonchev–Trinajstić information content (AvgIpc) is 3.34. The molecule has 0 bridgehead atoms. The zero-order valence-electron chi connectivity index (χ0n) is 14.4. The Kier molecular flexibility index (Phi) is 6.17. The summed E-state index contributed by atoms with van der Waals surface area (Å²) in [5, 5.41) is 22.1. The van der Waals surface area contributed by atoms with Gasteiger partial charge in [0.1, 0.15) is 5.51 Å². The molecule has 3 aromatic rings. The van der Waals surface area contributed by atoms with E-state index in [4.69, 9.17) is 0 Å². The van der Waals surface area contributed by atoms with Crippen LogP contribution in [-0.4, -0.2) is 36.6 Å². The largest absolute Gasteiger partial charge is 0.300 e. The highest BCUT2D eigenvalue weighted by molar-refractivity contribution is 7.99. The third-order valence-electron chi connectivity index (χ3n) is 3.41. The number of aromatic nitrogens is 5. The summed E-state index contributed by atoms with van der Waals surface area (Å²) >= 11 is 4.34. The number of allylic oxidation sites excluding steroid dienone is 1. The lowest BCUT2D eigenvalue weighted by Gasteiger charge is -2.06. The Labute approximate surface area is 163 Å². The molecule has 0 saturated heterocycles. The summed E-state index contributed by atoms with van der Waals surface area (Å²) in [6.07, 6.45) is 1.80. The van der Waals surface area contributed by atoms with Gasteiger partial charge in [-0.2, -0.15) is 0 Å². The average molecular weight is 407 g/mol. The standard InChI is InChI=1S/C16H18N6OS3/c1-4-5-22-14(11-6-12(10(2)3)24-7-11)19-21-16(22)25-8-13(23)18-15-20-17-9-26-15/h4,6-7,9-10H,1,5,8H2,2-3H3,(H,18,20,23). The number of anilines is 1. The topological polar surface area (TPSA) is 85.6 Å². The molecule has 3 rings (SSSR count). The van der Waals surface area contributed by atoms with Crippen molar-refractivity contribution in [3.63, 3.8) is 0 Å². The molecule has 0 saturated carbocycles. The molecule has 0 radical (unpaired) electrons. The molecule has 3 heterocycles. The lowest BCUT2D eigenvalue weighted by Crippen LogP contribution is -2.14. The summed E-state index contributed by atoms with van der Waals surface area (Å²) in [7, 11) is 0. The first-order valence-electron chi connectivity index (χ1n) is 7.90. The minimum absolute atomic E-state index is 0.154. The minimum atomic E-state index is -0.154. The first-order chi connectivity index (χ1) is 12.6. The van der Waals surface area contributed by atoms with Crippen molar-refractivity contribution >= 4 is 45.5 Å². The highest BCUT2D eigenvalue weighted by atomic mass is 32.2. The molecule has 3 aromatic heterocycles. The Hall–Kier alpha value is -2.04. The van der Waals surface area contributed by atoms with E-state index < -0.39 is 0 Å². The van der Waals surface area contributed by atoms with Gasteiger partial charge in [-0.05, 0) is 12.0 Å². The number of hydrogen-bond acceptors (Lipinski definition) is 8. The Morgan fingerprint density at radius 3 is 2.88 bits per heavy atom. The molecule has 0 aliphatic carbocycles. The smallest absolute Gasteiger partial charge is 0.236 e. The van der Waals surface area contributed by atoms with Crippen LogP contribution in [0.2, 0.25) is 0 Å². The second kappa shape index (κ2) is 8.56. The van der Waals surface area contributed by atoms with Crippen LogP contribution in [-0.2, 0) is 11.3 Å². The van der Waals surface area contributed by atoms with Crippen LogP contribution < -0.4 is 5.32 Å². The number of carbonyl (C=O) groups excluding carboxylic acids is 1. The minimum Gasteiger partial charge on any atom is -0.300 e. The van der Waals surface area contributed by atoms with Crippen LogP contribution in [0.1, 0.15) is 24.6 Å². The highest BCUT2D eigenvalue weighted by Crippen LogP contribution is 2.31. The molecule has 0 aromatic carbocycles. The number of hydrogen-bond donors (Lipinski definition) is 1. The molecule has 0 aliphatic rings. The van der Waals surface area contributed by atoms with Crippen LogP contribution in [0.4, 0.5) is 5.13 Å². The predicted octanol–water partition coefficient (Wildman–Crippen LogP) is 3.90. The van der Waals surface area contributed by atoms with Crippen molar-refractivity contribution in [2.45, 2.75) is 31.5 Å². The molecule has 136 valence electrons. The van der Waals surface area contributed by atoms with Crippen molar-refractivity contribution in [1.82, 2.24) is 25.0 Å². The van der Waals surface area contributed by atoms with E-state index in [-0.39, 0.29) is 11.7 Å². The zero-order valence-corrected chi connectivity index (χ0v) is 16.8. The van der Waals surface area contributed by atoms with Gasteiger partial charge in [-0.25, -0.2) is 0 Å². The summed E-state index contributed by atoms with van der Waals surface area (Å²) in [5.74, 6) is 1.33. The molecule has 26 heavy (non-hydrogen) atoms. The number of carbonyl (C=O) groups is 1. The van der Waals surface area contributed by atoms with Gasteiger partial charge >= 0.3 is 0 Å². The molecule has 10 heteroatoms. The van der Waals surface area contributed by atoms with Gasteiger partial charge in [-0.15, -0.1) is 38.3 Å². The quantitative estimate of drug-likeness (QED) is 0.451. The monoisotopic (exact) mass is 406 g/mol. The van der Waals surface area contributed by atoms with Crippen LogP contribution in [0, 0.1) is 0 Å². The molecular weight excluding hydrogens is 388 g/mol. The third-order valence-corrected chi connectivity index (χ3v) is 6.22. The maximum Gasteiger partial charge on any atom is 0.236 e. The van der Waals surface area contributed by atoms with Gasteiger partial charge in [0.05, 0.1) is 5.75 Å². The van der Waals surface area contributed by atoms with E-state index in [1.807, 2.05) is 4.57 Å². The van der Waals surface area contributed by atoms with E-state index in [2.05, 4.69) is 57.6 Å². The van der Waals surface area contributed by atoms with Crippen LogP contribution in [0.15, 0.2) is 34.8 Å². The van der Waals surface area contributed by atoms with Crippen molar-refractivity contribution in [2.24, 2.45) is 0 Å². The fourth-order valence-corrected chi connectivity index (χ4v) is 4.30. The Bertz CT molecular complexity index is 884. The van der Waals surface area contributed by atoms with Crippen molar-refractivity contribution in [3.8, 4) is 11.4 Å². The van der Waals surface area contributed by atoms with E-state index in [0.29, 0.717) is 22.8 Å². The summed E-state index contributed by atoms with van der Waals surface area (Å²) in [5.41, 5.74) is 2.61. The summed E-state index contributed by atoms with van der Waals surface area (Å²) in [6.45, 7) is 8.73. The number of nitrogens with one attached hydrogen (secondary N) is 1. The number of thioether (sulfide) groups is 1. The molecule has 0 unspecified atom stereocenters. The molecule has 1 amide bonds. The molecule has 7 nitrogen and oxygen atoms in total. The Morgan fingerprint density at radius 2 is 2.23 bits per heavy atom. The second-order valence-electron chi connectivity index (χ2n) is 5.68. The van der Waals surface area contributed by atoms with Gasteiger partial charge in [0.2, 0.25) is 11.0 Å². The fourth-order valence-electron chi connectivity index (χ4n) is 2.19. The number of thiophene rings is 1. The predicted molar refractivity (Wildman–Crippen MR) is 107 cm³/mol. The van der Waals surface area contributed by atoms with Crippen molar-refractivity contribution in [2.75, 3.05) is 11.1 Å². The van der Waals surface area contributed by atoms with E-state index in [1.165, 1.54) is 28.0 Å². The molecule has 0 spiro atoms. The summed E-state index contributed by atoms with van der Waals surface area (Å²) in [6, 6.07) is 2.15. The van der Waals surface area contributed by atoms with Crippen LogP contribution in [0.5, 0.6) is 0 Å². The van der Waals surface area contributed by atoms with E-state index in [0.717, 1.165) is 11.4 Å². The number of nitrogens with zero attached hydrogens (tertiary/aromatic N) is 5. The van der Waals surface area contributed by atoms with Crippen molar-refractivity contribution in [3.05, 3.63) is 34.5 Å². The normalized spacial score (nSPS) is 11.0. The first-order valence-corrected chi connectivity index (χ1v) is 10.6. The molecule has 0 atom stereocenters. The maximum absolute atomic E-state index is 12.0. The molecule has 1 N–H and O–H groups in total. The Balaban J connectivity index is 1.74. The van der Waals surface area contributed by atoms with E-state index in [1.54, 1.807) is 22.9 Å². The fraction of sp³-hybridized carbons (Fsp3) is 0.312. The van der Waals surface area contributed by atoms with Gasteiger partial charge in [0.15, 0.2) is 11.0 Å². The van der Waals surface area contributed by atoms with Crippen LogP contribution >= 0.6 is 34.4 Å². The van der Waals surface area contributed by atoms with Crippen molar-refractivity contribution < 1.29 is 4.79 Å². The van der Waals surface area contributed by atoms with Gasteiger partial charge in [-0.1, -0.05) is 43.0 Å². The maximum atomic E-state index is 12.0. The zero-order chi connectivity index (χ0) is 18.5. The van der Waals surface area contributed by atoms with E-state index >= 15 is 0 Å². The number of rotatable bonds is 8. The summed E-state index contributed by atoms with van der Waals surface area (Å²) in [4.78, 5) is 13.3. The lowest BCUT2D eigenvalue weighted by atomic mass is 10.1. The van der Waals surface area contributed by atoms with E-state index in [9.17, 15) is 4.79 Å². The van der Waals surface area contributed by atoms with Gasteiger partial charge in [0.25, 0.3) is 0 Å². The van der Waals surface area contributed by atoms with Gasteiger partial charge < -0.3 is 0 Å². The van der Waals surface area contributed by atoms with Gasteiger partial charge in [0, 0.05) is 22.4 Å². The highest BCUT2D eigenvalue weighted by Gasteiger charge is 2.17. The molecule has 0 aliphatic heterocycles. The molecule has 0 fully saturated rings. The molecular formula is C16H18N6OS3. The van der Waals surface area contributed by atoms with Crippen molar-refractivity contribution in [1.29, 1.82) is 0 Å². The SMILES string of the molecule is C=CCn1c(SCC(=O)Nc2nncs2)nnc1-c1csc(C(C)C)c1. The third kappa shape index (κ3) is 4.37. The first kappa shape index (κ1) is 18.7. The number of amides is 1. The van der Waals surface area contributed by atoms with Crippen LogP contribution in [0.25, 0.3) is 11.4 Å². The second-order valence-corrected chi connectivity index (χ2v) is 8.40. The van der Waals surface area contributed by atoms with Crippen LogP contribution in [0.3, 0.4) is 0 Å². The summed E-state index contributed by atoms with van der Waals surface area (Å²) < 4.78 is 1.97. The Morgan fingerprint density at radius 1 is 1.38 bits per heavy atom. The van der Waals surface area contributed by atoms with Gasteiger partial charge in [-0.3, -0.25) is 14.7 Å². The lowest BCUT2D eigenvalue weighted by molar-refractivity contribution is -0.113.